The molecule has 0 aromatic carbocycles. The zero-order valence-corrected chi connectivity index (χ0v) is 23.6. The summed E-state index contributed by atoms with van der Waals surface area (Å²) in [6.45, 7) is 22.2. The summed E-state index contributed by atoms with van der Waals surface area (Å²) in [6, 6.07) is 0. The number of rotatable bonds is 7. The van der Waals surface area contributed by atoms with Crippen molar-refractivity contribution in [2.75, 3.05) is 6.61 Å². The molecule has 3 saturated heterocycles. The molecule has 0 bridgehead atoms. The Bertz CT molecular complexity index is 749. The van der Waals surface area contributed by atoms with Crippen LogP contribution in [0.15, 0.2) is 0 Å². The lowest BCUT2D eigenvalue weighted by molar-refractivity contribution is -0.176. The normalized spacial score (nSPS) is 36.8. The molecule has 0 radical (unpaired) electrons. The summed E-state index contributed by atoms with van der Waals surface area (Å²) in [7, 11) is -2.26. The second-order valence-corrected chi connectivity index (χ2v) is 17.2. The first-order chi connectivity index (χ1) is 14.8. The van der Waals surface area contributed by atoms with Crippen molar-refractivity contribution in [3.8, 4) is 0 Å². The van der Waals surface area contributed by atoms with E-state index in [1.165, 1.54) is 0 Å². The second-order valence-electron chi connectivity index (χ2n) is 11.9. The highest BCUT2D eigenvalue weighted by molar-refractivity contribution is 6.74. The van der Waals surface area contributed by atoms with Crippen molar-refractivity contribution in [1.29, 1.82) is 0 Å². The molecule has 0 saturated carbocycles. The number of carbonyl (C=O) groups is 1. The van der Waals surface area contributed by atoms with E-state index in [0.29, 0.717) is 6.61 Å². The van der Waals surface area contributed by atoms with Gasteiger partial charge in [-0.15, -0.1) is 0 Å². The summed E-state index contributed by atoms with van der Waals surface area (Å²) in [4.78, 5) is 12.6. The molecule has 0 aromatic rings. The zero-order valence-electron chi connectivity index (χ0n) is 21.8. The summed E-state index contributed by atoms with van der Waals surface area (Å²) >= 11 is 6.54. The maximum Gasteiger partial charge on any atom is 0.357 e. The van der Waals surface area contributed by atoms with Crippen LogP contribution >= 0.6 is 11.6 Å². The molecule has 0 N–H and O–H groups in total. The molecule has 33 heavy (non-hydrogen) atoms. The van der Waals surface area contributed by atoms with Gasteiger partial charge in [-0.2, -0.15) is 0 Å². The van der Waals surface area contributed by atoms with Crippen LogP contribution in [0.4, 0.5) is 0 Å². The van der Waals surface area contributed by atoms with Gasteiger partial charge in [0.2, 0.25) is 0 Å². The van der Waals surface area contributed by atoms with Crippen molar-refractivity contribution in [1.82, 2.24) is 0 Å². The first-order valence-corrected chi connectivity index (χ1v) is 15.0. The summed E-state index contributed by atoms with van der Waals surface area (Å²) < 4.78 is 42.6. The minimum absolute atomic E-state index is 0.0436. The van der Waals surface area contributed by atoms with E-state index < -0.39 is 55.3 Å². The molecule has 192 valence electrons. The highest BCUT2D eigenvalue weighted by Gasteiger charge is 2.71. The number of carbonyl (C=O) groups excluding carboxylic acids is 1. The SMILES string of the molecule is CC(C)OC(=O)[C@]1(Cl)O[C@H]1[C@H]1OC(C)(C)O[C@H]1[C@H](O[Si](C)(C)C(C)(C)C)[C@H]1COC(C)(C)O1. The third-order valence-corrected chi connectivity index (χ3v) is 11.6. The lowest BCUT2D eigenvalue weighted by Crippen LogP contribution is -2.55. The van der Waals surface area contributed by atoms with Crippen molar-refractivity contribution in [2.45, 2.75) is 134 Å². The maximum absolute atomic E-state index is 12.6. The van der Waals surface area contributed by atoms with Gasteiger partial charge in [-0.05, 0) is 59.7 Å². The summed E-state index contributed by atoms with van der Waals surface area (Å²) in [5.74, 6) is -2.29. The molecule has 3 heterocycles. The van der Waals surface area contributed by atoms with Gasteiger partial charge in [0, 0.05) is 0 Å². The van der Waals surface area contributed by atoms with Gasteiger partial charge in [-0.3, -0.25) is 0 Å². The van der Waals surface area contributed by atoms with Crippen LogP contribution in [0.5, 0.6) is 0 Å². The number of esters is 1. The van der Waals surface area contributed by atoms with Gasteiger partial charge in [-0.1, -0.05) is 32.4 Å². The van der Waals surface area contributed by atoms with Crippen LogP contribution in [0.25, 0.3) is 0 Å². The van der Waals surface area contributed by atoms with Crippen molar-refractivity contribution in [3.05, 3.63) is 0 Å². The predicted octanol–water partition coefficient (Wildman–Crippen LogP) is 4.33. The lowest BCUT2D eigenvalue weighted by atomic mass is 9.99. The molecular weight excluding hydrogens is 468 g/mol. The number of alkyl halides is 1. The average molecular weight is 509 g/mol. The molecule has 6 atom stereocenters. The van der Waals surface area contributed by atoms with E-state index in [9.17, 15) is 4.79 Å². The average Bonchev–Trinajstić information content (AvgIpc) is 3.02. The molecular formula is C23H41ClO8Si. The van der Waals surface area contributed by atoms with Gasteiger partial charge in [0.25, 0.3) is 5.06 Å². The van der Waals surface area contributed by atoms with Gasteiger partial charge in [0.15, 0.2) is 19.9 Å². The Morgan fingerprint density at radius 1 is 1.03 bits per heavy atom. The predicted molar refractivity (Wildman–Crippen MR) is 125 cm³/mol. The Kier molecular flexibility index (Phi) is 7.20. The van der Waals surface area contributed by atoms with Gasteiger partial charge in [-0.25, -0.2) is 4.79 Å². The zero-order chi connectivity index (χ0) is 25.2. The Labute approximate surface area is 204 Å². The van der Waals surface area contributed by atoms with E-state index in [1.807, 2.05) is 27.7 Å². The van der Waals surface area contributed by atoms with E-state index >= 15 is 0 Å². The van der Waals surface area contributed by atoms with Crippen molar-refractivity contribution in [3.63, 3.8) is 0 Å². The highest BCUT2D eigenvalue weighted by atomic mass is 35.5. The van der Waals surface area contributed by atoms with Crippen LogP contribution in [0, 0.1) is 0 Å². The maximum atomic E-state index is 12.6. The van der Waals surface area contributed by atoms with Crippen molar-refractivity contribution in [2.24, 2.45) is 0 Å². The fraction of sp³-hybridized carbons (Fsp3) is 0.957. The van der Waals surface area contributed by atoms with E-state index in [0.717, 1.165) is 0 Å². The molecule has 0 amide bonds. The van der Waals surface area contributed by atoms with Crippen LogP contribution in [0.2, 0.25) is 18.1 Å². The van der Waals surface area contributed by atoms with Crippen LogP contribution in [-0.4, -0.2) is 74.2 Å². The Hall–Kier alpha value is -0.263. The van der Waals surface area contributed by atoms with E-state index in [4.69, 9.17) is 44.4 Å². The number of ether oxygens (including phenoxy) is 6. The quantitative estimate of drug-likeness (QED) is 0.217. The third kappa shape index (κ3) is 5.77. The molecule has 0 unspecified atom stereocenters. The highest BCUT2D eigenvalue weighted by Crippen LogP contribution is 2.51. The lowest BCUT2D eigenvalue weighted by Gasteiger charge is -2.42. The minimum atomic E-state index is -2.26. The van der Waals surface area contributed by atoms with Crippen molar-refractivity contribution >= 4 is 25.9 Å². The molecule has 0 aromatic heterocycles. The summed E-state index contributed by atoms with van der Waals surface area (Å²) in [5.41, 5.74) is 0. The summed E-state index contributed by atoms with van der Waals surface area (Å²) in [5, 5.41) is -1.65. The van der Waals surface area contributed by atoms with E-state index in [-0.39, 0.29) is 17.2 Å². The smallest absolute Gasteiger partial charge is 0.357 e. The van der Waals surface area contributed by atoms with Gasteiger partial charge in [0.05, 0.1) is 12.7 Å². The Balaban J connectivity index is 1.91. The molecule has 0 aliphatic carbocycles. The first kappa shape index (κ1) is 27.3. The standard InChI is InChI=1S/C23H41ClO8Si/c1-13(2)27-19(25)23(24)18(31-23)17-16(29-22(8,9)30-17)15(14-12-26-21(6,7)28-14)32-33(10,11)20(3,4)5/h13-18H,12H2,1-11H3/t14-,15-,16+,17+,18+,23-/m1/s1. The minimum Gasteiger partial charge on any atom is -0.460 e. The van der Waals surface area contributed by atoms with Crippen LogP contribution < -0.4 is 0 Å². The summed E-state index contributed by atoms with van der Waals surface area (Å²) in [6.07, 6.45) is -3.19. The van der Waals surface area contributed by atoms with E-state index in [2.05, 4.69) is 33.9 Å². The van der Waals surface area contributed by atoms with Crippen LogP contribution in [-0.2, 0) is 37.6 Å². The molecule has 10 heteroatoms. The molecule has 3 fully saturated rings. The largest absolute Gasteiger partial charge is 0.460 e. The number of hydrogen-bond donors (Lipinski definition) is 0. The molecule has 8 nitrogen and oxygen atoms in total. The molecule has 3 aliphatic rings. The number of hydrogen-bond acceptors (Lipinski definition) is 8. The fourth-order valence-corrected chi connectivity index (χ4v) is 5.53. The molecule has 3 aliphatic heterocycles. The van der Waals surface area contributed by atoms with E-state index in [1.54, 1.807) is 13.8 Å². The Morgan fingerprint density at radius 2 is 1.64 bits per heavy atom. The monoisotopic (exact) mass is 508 g/mol. The van der Waals surface area contributed by atoms with Gasteiger partial charge in [0.1, 0.15) is 30.5 Å². The third-order valence-electron chi connectivity index (χ3n) is 6.65. The van der Waals surface area contributed by atoms with Gasteiger partial charge >= 0.3 is 5.97 Å². The van der Waals surface area contributed by atoms with Crippen molar-refractivity contribution < 1.29 is 37.6 Å². The Morgan fingerprint density at radius 3 is 2.12 bits per heavy atom. The first-order valence-electron chi connectivity index (χ1n) is 11.7. The number of halogens is 1. The van der Waals surface area contributed by atoms with Gasteiger partial charge < -0.3 is 32.8 Å². The topological polar surface area (TPSA) is 85.0 Å². The fourth-order valence-electron chi connectivity index (χ4n) is 3.94. The molecule has 0 spiro atoms. The van der Waals surface area contributed by atoms with Crippen LogP contribution in [0.3, 0.4) is 0 Å². The second kappa shape index (κ2) is 8.69. The number of epoxide rings is 1. The molecule has 3 rings (SSSR count). The van der Waals surface area contributed by atoms with Crippen LogP contribution in [0.1, 0.15) is 62.3 Å².